The van der Waals surface area contributed by atoms with Crippen LogP contribution in [0.25, 0.3) is 10.9 Å². The third-order valence-electron chi connectivity index (χ3n) is 3.45. The number of rotatable bonds is 2. The van der Waals surface area contributed by atoms with Gasteiger partial charge in [0.2, 0.25) is 0 Å². The van der Waals surface area contributed by atoms with Crippen molar-refractivity contribution >= 4 is 22.4 Å². The number of halogens is 2. The Balaban J connectivity index is 2.22. The largest absolute Gasteiger partial charge is 0.396 e. The van der Waals surface area contributed by atoms with Crippen molar-refractivity contribution in [1.82, 2.24) is 4.98 Å². The minimum atomic E-state index is -0.920. The molecule has 3 rings (SSSR count). The smallest absolute Gasteiger partial charge is 0.198 e. The maximum atomic E-state index is 13.9. The van der Waals surface area contributed by atoms with Crippen molar-refractivity contribution in [2.45, 2.75) is 6.92 Å². The van der Waals surface area contributed by atoms with Crippen molar-refractivity contribution in [3.63, 3.8) is 0 Å². The zero-order valence-corrected chi connectivity index (χ0v) is 11.2. The summed E-state index contributed by atoms with van der Waals surface area (Å²) in [5, 5.41) is 0.697. The lowest BCUT2D eigenvalue weighted by Crippen LogP contribution is -2.07. The van der Waals surface area contributed by atoms with E-state index in [0.717, 1.165) is 11.6 Å². The van der Waals surface area contributed by atoms with E-state index in [9.17, 15) is 13.6 Å². The Hall–Kier alpha value is -2.69. The second kappa shape index (κ2) is 4.70. The van der Waals surface area contributed by atoms with Crippen LogP contribution in [-0.4, -0.2) is 10.8 Å². The number of aromatic nitrogens is 1. The van der Waals surface area contributed by atoms with Crippen molar-refractivity contribution in [1.29, 1.82) is 0 Å². The van der Waals surface area contributed by atoms with E-state index in [1.807, 2.05) is 12.1 Å². The van der Waals surface area contributed by atoms with Crippen LogP contribution in [-0.2, 0) is 0 Å². The molecule has 106 valence electrons. The number of aromatic amines is 1. The lowest BCUT2D eigenvalue weighted by Gasteiger charge is -2.05. The molecule has 0 aliphatic carbocycles. The number of anilines is 1. The molecule has 3 nitrogen and oxygen atoms in total. The van der Waals surface area contributed by atoms with E-state index in [4.69, 9.17) is 5.73 Å². The summed E-state index contributed by atoms with van der Waals surface area (Å²) in [7, 11) is 0. The quantitative estimate of drug-likeness (QED) is 0.559. The van der Waals surface area contributed by atoms with Gasteiger partial charge in [0.1, 0.15) is 11.6 Å². The van der Waals surface area contributed by atoms with Crippen LogP contribution >= 0.6 is 0 Å². The Morgan fingerprint density at radius 3 is 2.62 bits per heavy atom. The van der Waals surface area contributed by atoms with E-state index in [2.05, 4.69) is 4.98 Å². The van der Waals surface area contributed by atoms with Gasteiger partial charge in [-0.15, -0.1) is 0 Å². The number of nitrogens with two attached hydrogens (primary N) is 1. The molecular formula is C16H12F2N2O. The highest BCUT2D eigenvalue weighted by atomic mass is 19.1. The fourth-order valence-corrected chi connectivity index (χ4v) is 2.44. The van der Waals surface area contributed by atoms with Crippen LogP contribution in [0.3, 0.4) is 0 Å². The average molecular weight is 286 g/mol. The van der Waals surface area contributed by atoms with Gasteiger partial charge in [-0.1, -0.05) is 18.2 Å². The Bertz CT molecular complexity index is 868. The molecule has 0 atom stereocenters. The number of hydrogen-bond donors (Lipinski definition) is 2. The van der Waals surface area contributed by atoms with Gasteiger partial charge < -0.3 is 10.7 Å². The number of ketones is 1. The summed E-state index contributed by atoms with van der Waals surface area (Å²) in [4.78, 5) is 15.7. The van der Waals surface area contributed by atoms with Crippen LogP contribution < -0.4 is 5.73 Å². The molecule has 0 radical (unpaired) electrons. The molecule has 0 bridgehead atoms. The molecule has 0 fully saturated rings. The highest BCUT2D eigenvalue weighted by Crippen LogP contribution is 2.27. The number of hydrogen-bond acceptors (Lipinski definition) is 2. The van der Waals surface area contributed by atoms with Crippen LogP contribution in [0, 0.1) is 18.6 Å². The van der Waals surface area contributed by atoms with Crippen LogP contribution in [0.2, 0.25) is 0 Å². The summed E-state index contributed by atoms with van der Waals surface area (Å²) in [6.07, 6.45) is 0. The number of aryl methyl sites for hydroxylation is 1. The van der Waals surface area contributed by atoms with Gasteiger partial charge in [0.15, 0.2) is 5.78 Å². The Morgan fingerprint density at radius 2 is 1.86 bits per heavy atom. The van der Waals surface area contributed by atoms with E-state index < -0.39 is 17.4 Å². The molecule has 0 spiro atoms. The fourth-order valence-electron chi connectivity index (χ4n) is 2.44. The summed E-state index contributed by atoms with van der Waals surface area (Å²) in [5.41, 5.74) is 6.73. The summed E-state index contributed by atoms with van der Waals surface area (Å²) in [6.45, 7) is 1.73. The second-order valence-electron chi connectivity index (χ2n) is 4.85. The molecule has 0 aliphatic heterocycles. The molecular weight excluding hydrogens is 274 g/mol. The summed E-state index contributed by atoms with van der Waals surface area (Å²) < 4.78 is 27.1. The first-order valence-corrected chi connectivity index (χ1v) is 6.35. The van der Waals surface area contributed by atoms with Gasteiger partial charge in [0, 0.05) is 22.7 Å². The molecule has 0 unspecified atom stereocenters. The zero-order valence-electron chi connectivity index (χ0n) is 11.2. The number of carbonyl (C=O) groups excluding carboxylic acids is 1. The topological polar surface area (TPSA) is 58.9 Å². The SMILES string of the molecule is Cc1[nH]c2ccccc2c1C(=O)c1cc(N)c(F)cc1F. The van der Waals surface area contributed by atoms with Gasteiger partial charge in [-0.05, 0) is 19.1 Å². The summed E-state index contributed by atoms with van der Waals surface area (Å²) in [5.74, 6) is -2.31. The first kappa shape index (κ1) is 13.3. The monoisotopic (exact) mass is 286 g/mol. The van der Waals surface area contributed by atoms with Crippen molar-refractivity contribution in [3.05, 3.63) is 64.9 Å². The molecule has 2 aromatic carbocycles. The van der Waals surface area contributed by atoms with Gasteiger partial charge in [-0.25, -0.2) is 8.78 Å². The van der Waals surface area contributed by atoms with Crippen LogP contribution in [0.15, 0.2) is 36.4 Å². The highest BCUT2D eigenvalue weighted by Gasteiger charge is 2.21. The highest BCUT2D eigenvalue weighted by molar-refractivity contribution is 6.17. The standard InChI is InChI=1S/C16H12F2N2O/c1-8-15(9-4-2-3-5-14(9)20-8)16(21)10-6-13(19)12(18)7-11(10)17/h2-7,20H,19H2,1H3. The average Bonchev–Trinajstić information content (AvgIpc) is 2.78. The summed E-state index contributed by atoms with van der Waals surface area (Å²) >= 11 is 0. The lowest BCUT2D eigenvalue weighted by atomic mass is 9.99. The molecule has 3 aromatic rings. The van der Waals surface area contributed by atoms with E-state index in [0.29, 0.717) is 22.7 Å². The molecule has 0 amide bonds. The van der Waals surface area contributed by atoms with Crippen molar-refractivity contribution in [3.8, 4) is 0 Å². The molecule has 21 heavy (non-hydrogen) atoms. The Kier molecular flexibility index (Phi) is 2.97. The fraction of sp³-hybridized carbons (Fsp3) is 0.0625. The van der Waals surface area contributed by atoms with E-state index >= 15 is 0 Å². The molecule has 3 N–H and O–H groups in total. The first-order valence-electron chi connectivity index (χ1n) is 6.35. The third-order valence-corrected chi connectivity index (χ3v) is 3.45. The predicted molar refractivity (Wildman–Crippen MR) is 77.2 cm³/mol. The van der Waals surface area contributed by atoms with Crippen LogP contribution in [0.4, 0.5) is 14.5 Å². The number of nitrogens with one attached hydrogen (secondary N) is 1. The zero-order chi connectivity index (χ0) is 15.1. The molecule has 5 heteroatoms. The van der Waals surface area contributed by atoms with Gasteiger partial charge in [0.05, 0.1) is 16.8 Å². The number of H-pyrrole nitrogens is 1. The number of fused-ring (bicyclic) bond motifs is 1. The number of nitrogen functional groups attached to an aromatic ring is 1. The van der Waals surface area contributed by atoms with Crippen molar-refractivity contribution in [2.24, 2.45) is 0 Å². The van der Waals surface area contributed by atoms with E-state index in [1.165, 1.54) is 0 Å². The predicted octanol–water partition coefficient (Wildman–Crippen LogP) is 3.57. The molecule has 0 saturated heterocycles. The van der Waals surface area contributed by atoms with Crippen LogP contribution in [0.5, 0.6) is 0 Å². The van der Waals surface area contributed by atoms with Crippen molar-refractivity contribution in [2.75, 3.05) is 5.73 Å². The Morgan fingerprint density at radius 1 is 1.14 bits per heavy atom. The van der Waals surface area contributed by atoms with E-state index in [1.54, 1.807) is 19.1 Å². The van der Waals surface area contributed by atoms with Crippen molar-refractivity contribution < 1.29 is 13.6 Å². The molecule has 1 heterocycles. The van der Waals surface area contributed by atoms with Gasteiger partial charge >= 0.3 is 0 Å². The minimum Gasteiger partial charge on any atom is -0.396 e. The molecule has 0 aliphatic rings. The minimum absolute atomic E-state index is 0.234. The van der Waals surface area contributed by atoms with E-state index in [-0.39, 0.29) is 11.3 Å². The van der Waals surface area contributed by atoms with Crippen LogP contribution in [0.1, 0.15) is 21.6 Å². The maximum Gasteiger partial charge on any atom is 0.198 e. The number of carbonyl (C=O) groups is 1. The van der Waals surface area contributed by atoms with Gasteiger partial charge in [-0.2, -0.15) is 0 Å². The molecule has 1 aromatic heterocycles. The number of benzene rings is 2. The normalized spacial score (nSPS) is 11.0. The lowest BCUT2D eigenvalue weighted by molar-refractivity contribution is 0.103. The number of para-hydroxylation sites is 1. The van der Waals surface area contributed by atoms with Gasteiger partial charge in [0.25, 0.3) is 0 Å². The second-order valence-corrected chi connectivity index (χ2v) is 4.85. The maximum absolute atomic E-state index is 13.9. The summed E-state index contributed by atoms with van der Waals surface area (Å²) in [6, 6.07) is 8.90. The third kappa shape index (κ3) is 2.07. The molecule has 0 saturated carbocycles. The van der Waals surface area contributed by atoms with Gasteiger partial charge in [-0.3, -0.25) is 4.79 Å². The first-order chi connectivity index (χ1) is 9.99. The Labute approximate surface area is 119 Å².